The van der Waals surface area contributed by atoms with Crippen molar-refractivity contribution in [2.75, 3.05) is 11.9 Å². The molecule has 0 atom stereocenters. The van der Waals surface area contributed by atoms with E-state index in [4.69, 9.17) is 16.0 Å². The van der Waals surface area contributed by atoms with Crippen molar-refractivity contribution in [2.24, 2.45) is 0 Å². The van der Waals surface area contributed by atoms with Crippen molar-refractivity contribution in [1.29, 1.82) is 0 Å². The van der Waals surface area contributed by atoms with Crippen molar-refractivity contribution >= 4 is 58.1 Å². The maximum absolute atomic E-state index is 12.8. The Hall–Kier alpha value is -3.82. The number of thioether (sulfide) groups is 1. The smallest absolute Gasteiger partial charge is 0.337 e. The van der Waals surface area contributed by atoms with Gasteiger partial charge in [0.25, 0.3) is 11.1 Å². The van der Waals surface area contributed by atoms with Gasteiger partial charge in [0.1, 0.15) is 18.1 Å². The number of carboxylic acid groups (broad SMARTS) is 1. The highest BCUT2D eigenvalue weighted by molar-refractivity contribution is 8.18. The standard InChI is InChI=1S/C25H19ClN2O6S/c1-13-4-3-5-19(14(13)2)27-22(29)12-28-23(30)21(35-25(28)33)11-16-7-9-20(34-16)15-6-8-18(26)17(10-15)24(31)32/h3-11H,12H2,1-2H3,(H,27,29)(H,31,32)/b21-11+. The van der Waals surface area contributed by atoms with Gasteiger partial charge in [-0.25, -0.2) is 4.79 Å². The van der Waals surface area contributed by atoms with Crippen LogP contribution in [-0.4, -0.2) is 39.6 Å². The number of aromatic carboxylic acids is 1. The lowest BCUT2D eigenvalue weighted by molar-refractivity contribution is -0.127. The van der Waals surface area contributed by atoms with E-state index in [-0.39, 0.29) is 21.3 Å². The molecule has 2 N–H and O–H groups in total. The highest BCUT2D eigenvalue weighted by Gasteiger charge is 2.36. The number of rotatable bonds is 6. The molecule has 1 aliphatic rings. The third-order valence-corrected chi connectivity index (χ3v) is 6.67. The molecule has 0 bridgehead atoms. The lowest BCUT2D eigenvalue weighted by atomic mass is 10.1. The van der Waals surface area contributed by atoms with Crippen molar-refractivity contribution in [2.45, 2.75) is 13.8 Å². The Morgan fingerprint density at radius 1 is 1.14 bits per heavy atom. The Morgan fingerprint density at radius 2 is 1.91 bits per heavy atom. The fraction of sp³-hybridized carbons (Fsp3) is 0.120. The maximum atomic E-state index is 12.8. The Balaban J connectivity index is 1.48. The summed E-state index contributed by atoms with van der Waals surface area (Å²) in [6.07, 6.45) is 1.41. The van der Waals surface area contributed by atoms with Gasteiger partial charge in [0.2, 0.25) is 5.91 Å². The number of furan rings is 1. The van der Waals surface area contributed by atoms with Gasteiger partial charge in [-0.15, -0.1) is 0 Å². The predicted octanol–water partition coefficient (Wildman–Crippen LogP) is 5.59. The number of aryl methyl sites for hydroxylation is 1. The molecule has 178 valence electrons. The number of hydrogen-bond donors (Lipinski definition) is 2. The minimum atomic E-state index is -1.17. The van der Waals surface area contributed by atoms with Crippen LogP contribution in [0.2, 0.25) is 5.02 Å². The number of carboxylic acids is 1. The number of nitrogens with zero attached hydrogens (tertiary/aromatic N) is 1. The molecular weight excluding hydrogens is 492 g/mol. The van der Waals surface area contributed by atoms with Gasteiger partial charge in [-0.1, -0.05) is 23.7 Å². The molecule has 35 heavy (non-hydrogen) atoms. The molecule has 1 aliphatic heterocycles. The van der Waals surface area contributed by atoms with Crippen molar-refractivity contribution in [3.8, 4) is 11.3 Å². The second kappa shape index (κ2) is 9.81. The number of anilines is 1. The number of nitrogens with one attached hydrogen (secondary N) is 1. The fourth-order valence-corrected chi connectivity index (χ4v) is 4.43. The molecule has 2 heterocycles. The molecule has 0 aliphatic carbocycles. The van der Waals surface area contributed by atoms with Crippen molar-refractivity contribution in [3.63, 3.8) is 0 Å². The first kappa shape index (κ1) is 24.3. The van der Waals surface area contributed by atoms with E-state index in [9.17, 15) is 24.3 Å². The average molecular weight is 511 g/mol. The molecule has 1 aromatic heterocycles. The summed E-state index contributed by atoms with van der Waals surface area (Å²) in [5.74, 6) is -1.60. The summed E-state index contributed by atoms with van der Waals surface area (Å²) in [6, 6.07) is 13.1. The number of halogens is 1. The summed E-state index contributed by atoms with van der Waals surface area (Å²) in [7, 11) is 0. The van der Waals surface area contributed by atoms with E-state index < -0.39 is 29.6 Å². The molecule has 10 heteroatoms. The van der Waals surface area contributed by atoms with E-state index >= 15 is 0 Å². The van der Waals surface area contributed by atoms with Gasteiger partial charge < -0.3 is 14.8 Å². The van der Waals surface area contributed by atoms with E-state index in [1.54, 1.807) is 24.3 Å². The van der Waals surface area contributed by atoms with Gasteiger partial charge in [0.05, 0.1) is 15.5 Å². The molecule has 0 saturated carbocycles. The summed E-state index contributed by atoms with van der Waals surface area (Å²) < 4.78 is 5.72. The highest BCUT2D eigenvalue weighted by atomic mass is 35.5. The quantitative estimate of drug-likeness (QED) is 0.415. The molecule has 0 unspecified atom stereocenters. The van der Waals surface area contributed by atoms with Crippen molar-refractivity contribution in [1.82, 2.24) is 4.90 Å². The van der Waals surface area contributed by atoms with Crippen LogP contribution in [0, 0.1) is 13.8 Å². The fourth-order valence-electron chi connectivity index (χ4n) is 3.41. The first-order valence-corrected chi connectivity index (χ1v) is 11.6. The molecule has 4 rings (SSSR count). The molecule has 2 aromatic carbocycles. The molecule has 0 spiro atoms. The first-order valence-electron chi connectivity index (χ1n) is 10.4. The van der Waals surface area contributed by atoms with Gasteiger partial charge in [-0.05, 0) is 73.1 Å². The molecule has 1 saturated heterocycles. The van der Waals surface area contributed by atoms with Gasteiger partial charge in [0, 0.05) is 17.3 Å². The zero-order chi connectivity index (χ0) is 25.3. The van der Waals surface area contributed by atoms with Gasteiger partial charge in [0.15, 0.2) is 0 Å². The molecule has 3 aromatic rings. The zero-order valence-electron chi connectivity index (χ0n) is 18.6. The van der Waals surface area contributed by atoms with Crippen molar-refractivity contribution in [3.05, 3.63) is 80.9 Å². The number of benzene rings is 2. The molecule has 0 radical (unpaired) electrons. The minimum Gasteiger partial charge on any atom is -0.478 e. The van der Waals surface area contributed by atoms with Gasteiger partial charge >= 0.3 is 5.97 Å². The van der Waals surface area contributed by atoms with E-state index in [0.29, 0.717) is 28.8 Å². The van der Waals surface area contributed by atoms with Crippen LogP contribution >= 0.6 is 23.4 Å². The summed E-state index contributed by atoms with van der Waals surface area (Å²) in [5.41, 5.74) is 2.95. The van der Waals surface area contributed by atoms with Crippen LogP contribution in [0.5, 0.6) is 0 Å². The normalized spacial score (nSPS) is 14.6. The number of imide groups is 1. The van der Waals surface area contributed by atoms with Crippen molar-refractivity contribution < 1.29 is 28.7 Å². The minimum absolute atomic E-state index is 0.0673. The monoisotopic (exact) mass is 510 g/mol. The van der Waals surface area contributed by atoms with Gasteiger partial charge in [-0.3, -0.25) is 19.3 Å². The highest BCUT2D eigenvalue weighted by Crippen LogP contribution is 2.34. The Morgan fingerprint density at radius 3 is 2.66 bits per heavy atom. The summed E-state index contributed by atoms with van der Waals surface area (Å²) in [6.45, 7) is 3.38. The van der Waals surface area contributed by atoms with Crippen LogP contribution in [0.15, 0.2) is 57.9 Å². The Kier molecular flexibility index (Phi) is 6.81. The predicted molar refractivity (Wildman–Crippen MR) is 133 cm³/mol. The topological polar surface area (TPSA) is 117 Å². The lowest BCUT2D eigenvalue weighted by Gasteiger charge is -2.14. The van der Waals surface area contributed by atoms with Crippen LogP contribution in [-0.2, 0) is 9.59 Å². The SMILES string of the molecule is Cc1cccc(NC(=O)CN2C(=O)S/C(=C/c3ccc(-c4ccc(Cl)c(C(=O)O)c4)o3)C2=O)c1C. The number of amides is 3. The van der Waals surface area contributed by atoms with E-state index in [1.165, 1.54) is 18.2 Å². The molecule has 1 fully saturated rings. The third kappa shape index (κ3) is 5.16. The molecular formula is C25H19ClN2O6S. The van der Waals surface area contributed by atoms with E-state index in [1.807, 2.05) is 26.0 Å². The second-order valence-corrected chi connectivity index (χ2v) is 9.17. The molecule has 3 amide bonds. The average Bonchev–Trinajstić information content (AvgIpc) is 3.37. The summed E-state index contributed by atoms with van der Waals surface area (Å²) >= 11 is 6.62. The summed E-state index contributed by atoms with van der Waals surface area (Å²) in [5, 5.41) is 11.5. The van der Waals surface area contributed by atoms with Crippen LogP contribution in [0.1, 0.15) is 27.2 Å². The number of hydrogen-bond acceptors (Lipinski definition) is 6. The van der Waals surface area contributed by atoms with Gasteiger partial charge in [-0.2, -0.15) is 0 Å². The third-order valence-electron chi connectivity index (χ3n) is 5.44. The van der Waals surface area contributed by atoms with Crippen LogP contribution < -0.4 is 5.32 Å². The number of carbonyl (C=O) groups excluding carboxylic acids is 3. The molecule has 8 nitrogen and oxygen atoms in total. The largest absolute Gasteiger partial charge is 0.478 e. The van der Waals surface area contributed by atoms with Crippen LogP contribution in [0.25, 0.3) is 17.4 Å². The lowest BCUT2D eigenvalue weighted by Crippen LogP contribution is -2.36. The van der Waals surface area contributed by atoms with Crippen LogP contribution in [0.3, 0.4) is 0 Å². The van der Waals surface area contributed by atoms with Crippen LogP contribution in [0.4, 0.5) is 10.5 Å². The Labute approximate surface area is 209 Å². The first-order chi connectivity index (χ1) is 16.6. The Bertz CT molecular complexity index is 1410. The second-order valence-electron chi connectivity index (χ2n) is 7.77. The zero-order valence-corrected chi connectivity index (χ0v) is 20.2. The summed E-state index contributed by atoms with van der Waals surface area (Å²) in [4.78, 5) is 50.0. The maximum Gasteiger partial charge on any atom is 0.337 e. The van der Waals surface area contributed by atoms with E-state index in [0.717, 1.165) is 16.0 Å². The van der Waals surface area contributed by atoms with E-state index in [2.05, 4.69) is 5.32 Å². The number of carbonyl (C=O) groups is 4.